The first-order valence-electron chi connectivity index (χ1n) is 2.90. The van der Waals surface area contributed by atoms with E-state index < -0.39 is 11.8 Å². The van der Waals surface area contributed by atoms with Gasteiger partial charge in [0.2, 0.25) is 0 Å². The molecule has 0 unspecified atom stereocenters. The van der Waals surface area contributed by atoms with Crippen molar-refractivity contribution < 1.29 is 14.3 Å². The summed E-state index contributed by atoms with van der Waals surface area (Å²) in [5.41, 5.74) is 0.0244. The molecular weight excluding hydrogens is 295 g/mol. The molecule has 0 aliphatic heterocycles. The normalized spacial score (nSPS) is 9.92. The van der Waals surface area contributed by atoms with E-state index in [9.17, 15) is 9.18 Å². The molecule has 0 bridgehead atoms. The number of benzene rings is 1. The summed E-state index contributed by atoms with van der Waals surface area (Å²) in [5, 5.41) is 8.65. The van der Waals surface area contributed by atoms with E-state index in [2.05, 4.69) is 31.9 Å². The van der Waals surface area contributed by atoms with Crippen LogP contribution in [0.5, 0.6) is 0 Å². The summed E-state index contributed by atoms with van der Waals surface area (Å²) in [6.07, 6.45) is 0. The Bertz CT molecular complexity index is 315. The molecule has 0 aromatic heterocycles. The Morgan fingerprint density at radius 2 is 1.75 bits per heavy atom. The highest BCUT2D eigenvalue weighted by atomic mass is 79.9. The van der Waals surface area contributed by atoms with Crippen LogP contribution in [0.4, 0.5) is 4.39 Å². The van der Waals surface area contributed by atoms with E-state index >= 15 is 0 Å². The smallest absolute Gasteiger partial charge is 0.338 e. The molecule has 2 nitrogen and oxygen atoms in total. The van der Waals surface area contributed by atoms with Gasteiger partial charge in [-0.05, 0) is 44.0 Å². The molecule has 1 aromatic carbocycles. The number of hydrogen-bond acceptors (Lipinski definition) is 1. The number of hydrogen-bond donors (Lipinski definition) is 1. The second-order valence-corrected chi connectivity index (χ2v) is 3.76. The number of carboxylic acid groups (broad SMARTS) is 1. The molecular formula is C7H3Br2FO2. The van der Waals surface area contributed by atoms with E-state index in [0.717, 1.165) is 12.1 Å². The summed E-state index contributed by atoms with van der Waals surface area (Å²) in [6, 6.07) is 2.21. The van der Waals surface area contributed by atoms with Crippen LogP contribution in [0.2, 0.25) is 0 Å². The zero-order valence-corrected chi connectivity index (χ0v) is 8.82. The summed E-state index contributed by atoms with van der Waals surface area (Å²) in [4.78, 5) is 10.6. The first-order chi connectivity index (χ1) is 5.52. The van der Waals surface area contributed by atoms with Crippen molar-refractivity contribution in [2.75, 3.05) is 0 Å². The quantitative estimate of drug-likeness (QED) is 0.865. The first kappa shape index (κ1) is 9.67. The van der Waals surface area contributed by atoms with E-state index in [1.807, 2.05) is 0 Å². The maximum Gasteiger partial charge on any atom is 0.338 e. The van der Waals surface area contributed by atoms with Crippen molar-refractivity contribution in [2.45, 2.75) is 0 Å². The topological polar surface area (TPSA) is 37.3 Å². The Balaban J connectivity index is 3.38. The number of aromatic carboxylic acids is 1. The predicted octanol–water partition coefficient (Wildman–Crippen LogP) is 3.05. The molecule has 0 amide bonds. The van der Waals surface area contributed by atoms with Crippen LogP contribution in [0.1, 0.15) is 10.4 Å². The van der Waals surface area contributed by atoms with Crippen molar-refractivity contribution in [1.82, 2.24) is 0 Å². The second-order valence-electron chi connectivity index (χ2n) is 2.05. The van der Waals surface area contributed by atoms with Crippen LogP contribution in [-0.4, -0.2) is 11.1 Å². The summed E-state index contributed by atoms with van der Waals surface area (Å²) >= 11 is 5.90. The lowest BCUT2D eigenvalue weighted by molar-refractivity contribution is 0.0695. The van der Waals surface area contributed by atoms with Crippen molar-refractivity contribution in [1.29, 1.82) is 0 Å². The maximum absolute atomic E-state index is 12.6. The molecule has 64 valence electrons. The van der Waals surface area contributed by atoms with Gasteiger partial charge in [-0.3, -0.25) is 0 Å². The van der Waals surface area contributed by atoms with Crippen molar-refractivity contribution in [3.63, 3.8) is 0 Å². The summed E-state index contributed by atoms with van der Waals surface area (Å²) in [5.74, 6) is -1.59. The predicted molar refractivity (Wildman–Crippen MR) is 48.8 cm³/mol. The standard InChI is InChI=1S/C7H3Br2FO2/c8-4-1-3(10)2-5(9)6(4)7(11)12/h1-2H,(H,11,12). The molecule has 12 heavy (non-hydrogen) atoms. The van der Waals surface area contributed by atoms with Gasteiger partial charge < -0.3 is 5.11 Å². The number of carbonyl (C=O) groups is 1. The molecule has 0 saturated heterocycles. The van der Waals surface area contributed by atoms with Crippen LogP contribution < -0.4 is 0 Å². The Hall–Kier alpha value is -0.420. The van der Waals surface area contributed by atoms with E-state index in [0.29, 0.717) is 0 Å². The third-order valence-corrected chi connectivity index (χ3v) is 2.47. The monoisotopic (exact) mass is 296 g/mol. The van der Waals surface area contributed by atoms with Crippen molar-refractivity contribution >= 4 is 37.8 Å². The summed E-state index contributed by atoms with van der Waals surface area (Å²) < 4.78 is 13.1. The van der Waals surface area contributed by atoms with Crippen molar-refractivity contribution in [3.05, 3.63) is 32.5 Å². The highest BCUT2D eigenvalue weighted by molar-refractivity contribution is 9.11. The van der Waals surface area contributed by atoms with Gasteiger partial charge in [-0.1, -0.05) is 0 Å². The fourth-order valence-electron chi connectivity index (χ4n) is 0.747. The largest absolute Gasteiger partial charge is 0.478 e. The minimum atomic E-state index is -1.10. The molecule has 0 heterocycles. The summed E-state index contributed by atoms with van der Waals surface area (Å²) in [6.45, 7) is 0. The molecule has 0 saturated carbocycles. The molecule has 0 radical (unpaired) electrons. The van der Waals surface area contributed by atoms with Crippen LogP contribution in [0, 0.1) is 5.82 Å². The summed E-state index contributed by atoms with van der Waals surface area (Å²) in [7, 11) is 0. The van der Waals surface area contributed by atoms with E-state index in [1.54, 1.807) is 0 Å². The van der Waals surface area contributed by atoms with Crippen LogP contribution in [-0.2, 0) is 0 Å². The molecule has 0 spiro atoms. The highest BCUT2D eigenvalue weighted by Gasteiger charge is 2.13. The van der Waals surface area contributed by atoms with Crippen LogP contribution in [0.15, 0.2) is 21.1 Å². The van der Waals surface area contributed by atoms with E-state index in [1.165, 1.54) is 0 Å². The third kappa shape index (κ3) is 1.84. The van der Waals surface area contributed by atoms with Crippen LogP contribution in [0.25, 0.3) is 0 Å². The van der Waals surface area contributed by atoms with Gasteiger partial charge in [-0.25, -0.2) is 9.18 Å². The van der Waals surface area contributed by atoms with Crippen LogP contribution in [0.3, 0.4) is 0 Å². The van der Waals surface area contributed by atoms with Gasteiger partial charge >= 0.3 is 5.97 Å². The minimum Gasteiger partial charge on any atom is -0.478 e. The van der Waals surface area contributed by atoms with Crippen LogP contribution >= 0.6 is 31.9 Å². The Kier molecular flexibility index (Phi) is 2.85. The number of halogens is 3. The van der Waals surface area contributed by atoms with Gasteiger partial charge in [-0.2, -0.15) is 0 Å². The molecule has 0 aliphatic carbocycles. The average Bonchev–Trinajstić information content (AvgIpc) is 1.82. The maximum atomic E-state index is 12.6. The minimum absolute atomic E-state index is 0.0244. The molecule has 0 aliphatic rings. The van der Waals surface area contributed by atoms with Crippen molar-refractivity contribution in [3.8, 4) is 0 Å². The van der Waals surface area contributed by atoms with Gasteiger partial charge in [0.25, 0.3) is 0 Å². The molecule has 1 aromatic rings. The number of rotatable bonds is 1. The van der Waals surface area contributed by atoms with Gasteiger partial charge in [0, 0.05) is 8.95 Å². The lowest BCUT2D eigenvalue weighted by Gasteiger charge is -2.01. The zero-order valence-electron chi connectivity index (χ0n) is 5.64. The molecule has 0 atom stereocenters. The van der Waals surface area contributed by atoms with Gasteiger partial charge in [0.15, 0.2) is 0 Å². The average molecular weight is 298 g/mol. The Morgan fingerprint density at radius 1 is 1.33 bits per heavy atom. The first-order valence-corrected chi connectivity index (χ1v) is 4.49. The Morgan fingerprint density at radius 3 is 2.08 bits per heavy atom. The SMILES string of the molecule is O=C(O)c1c(Br)cc(F)cc1Br. The molecule has 1 rings (SSSR count). The molecule has 0 fully saturated rings. The highest BCUT2D eigenvalue weighted by Crippen LogP contribution is 2.26. The fraction of sp³-hybridized carbons (Fsp3) is 0. The molecule has 1 N–H and O–H groups in total. The van der Waals surface area contributed by atoms with Gasteiger partial charge in [0.1, 0.15) is 5.82 Å². The number of carboxylic acids is 1. The second kappa shape index (κ2) is 3.53. The fourth-order valence-corrected chi connectivity index (χ4v) is 2.22. The third-order valence-electron chi connectivity index (χ3n) is 1.22. The Labute approximate surface area is 84.7 Å². The lowest BCUT2D eigenvalue weighted by atomic mass is 10.2. The van der Waals surface area contributed by atoms with E-state index in [-0.39, 0.29) is 14.5 Å². The van der Waals surface area contributed by atoms with Gasteiger partial charge in [-0.15, -0.1) is 0 Å². The van der Waals surface area contributed by atoms with Crippen molar-refractivity contribution in [2.24, 2.45) is 0 Å². The lowest BCUT2D eigenvalue weighted by Crippen LogP contribution is -1.99. The van der Waals surface area contributed by atoms with Gasteiger partial charge in [0.05, 0.1) is 5.56 Å². The molecule has 5 heteroatoms. The van der Waals surface area contributed by atoms with E-state index in [4.69, 9.17) is 5.11 Å². The zero-order chi connectivity index (χ0) is 9.30.